The summed E-state index contributed by atoms with van der Waals surface area (Å²) in [5.74, 6) is 0.865. The Morgan fingerprint density at radius 3 is 2.33 bits per heavy atom. The molecule has 1 unspecified atom stereocenters. The lowest BCUT2D eigenvalue weighted by Crippen LogP contribution is -2.19. The van der Waals surface area contributed by atoms with Crippen molar-refractivity contribution in [1.82, 2.24) is 5.32 Å². The van der Waals surface area contributed by atoms with Gasteiger partial charge in [0, 0.05) is 16.6 Å². The molecule has 0 aliphatic heterocycles. The van der Waals surface area contributed by atoms with E-state index >= 15 is 0 Å². The number of halogens is 1. The molecule has 21 heavy (non-hydrogen) atoms. The van der Waals surface area contributed by atoms with Crippen LogP contribution in [0, 0.1) is 0 Å². The predicted molar refractivity (Wildman–Crippen MR) is 89.3 cm³/mol. The molecule has 0 aliphatic rings. The quantitative estimate of drug-likeness (QED) is 0.853. The summed E-state index contributed by atoms with van der Waals surface area (Å²) in [6, 6.07) is 14.7. The van der Waals surface area contributed by atoms with Crippen molar-refractivity contribution in [2.45, 2.75) is 25.8 Å². The summed E-state index contributed by atoms with van der Waals surface area (Å²) in [6.07, 6.45) is 1.97. The molecule has 0 aliphatic carbocycles. The molecule has 0 fully saturated rings. The van der Waals surface area contributed by atoms with Gasteiger partial charge in [0.1, 0.15) is 5.75 Å². The first-order valence-corrected chi connectivity index (χ1v) is 7.64. The van der Waals surface area contributed by atoms with Crippen molar-refractivity contribution in [2.24, 2.45) is 0 Å². The predicted octanol–water partition coefficient (Wildman–Crippen LogP) is 4.41. The number of rotatable bonds is 6. The van der Waals surface area contributed by atoms with E-state index in [1.807, 2.05) is 25.2 Å². The summed E-state index contributed by atoms with van der Waals surface area (Å²) in [5.41, 5.74) is 3.75. The van der Waals surface area contributed by atoms with Gasteiger partial charge in [-0.3, -0.25) is 0 Å². The molecular weight excluding hydrogens is 282 g/mol. The number of ether oxygens (including phenoxy) is 1. The minimum absolute atomic E-state index is 0.172. The number of benzene rings is 2. The molecule has 0 radical (unpaired) electrons. The van der Waals surface area contributed by atoms with Gasteiger partial charge in [0.25, 0.3) is 0 Å². The summed E-state index contributed by atoms with van der Waals surface area (Å²) in [7, 11) is 3.65. The van der Waals surface area contributed by atoms with Crippen LogP contribution in [0.5, 0.6) is 5.75 Å². The van der Waals surface area contributed by atoms with E-state index in [4.69, 9.17) is 16.3 Å². The number of hydrogen-bond acceptors (Lipinski definition) is 2. The Morgan fingerprint density at radius 2 is 1.76 bits per heavy atom. The standard InChI is InChI=1S/C18H22ClNO/c1-4-13-5-7-14(8-6-13)11-17(20-2)16-12-15(19)9-10-18(16)21-3/h5-10,12,17,20H,4,11H2,1-3H3. The lowest BCUT2D eigenvalue weighted by molar-refractivity contribution is 0.401. The van der Waals surface area contributed by atoms with Crippen LogP contribution in [0.3, 0.4) is 0 Å². The Balaban J connectivity index is 2.24. The van der Waals surface area contributed by atoms with E-state index in [9.17, 15) is 0 Å². The van der Waals surface area contributed by atoms with Crippen LogP contribution in [0.2, 0.25) is 5.02 Å². The van der Waals surface area contributed by atoms with Crippen molar-refractivity contribution in [2.75, 3.05) is 14.2 Å². The average Bonchev–Trinajstić information content (AvgIpc) is 2.53. The summed E-state index contributed by atoms with van der Waals surface area (Å²) in [4.78, 5) is 0. The zero-order chi connectivity index (χ0) is 15.2. The molecule has 112 valence electrons. The number of nitrogens with one attached hydrogen (secondary N) is 1. The van der Waals surface area contributed by atoms with Crippen molar-refractivity contribution in [3.63, 3.8) is 0 Å². The van der Waals surface area contributed by atoms with E-state index in [1.54, 1.807) is 7.11 Å². The van der Waals surface area contributed by atoms with Gasteiger partial charge in [-0.1, -0.05) is 42.8 Å². The molecule has 0 spiro atoms. The van der Waals surface area contributed by atoms with E-state index in [1.165, 1.54) is 11.1 Å². The van der Waals surface area contributed by atoms with Gasteiger partial charge in [-0.25, -0.2) is 0 Å². The van der Waals surface area contributed by atoms with Crippen LogP contribution in [-0.4, -0.2) is 14.2 Å². The lowest BCUT2D eigenvalue weighted by Gasteiger charge is -2.20. The van der Waals surface area contributed by atoms with E-state index in [0.29, 0.717) is 0 Å². The van der Waals surface area contributed by atoms with Gasteiger partial charge in [0.15, 0.2) is 0 Å². The normalized spacial score (nSPS) is 12.2. The van der Waals surface area contributed by atoms with Crippen LogP contribution in [0.25, 0.3) is 0 Å². The molecule has 1 atom stereocenters. The van der Waals surface area contributed by atoms with Crippen molar-refractivity contribution < 1.29 is 4.74 Å². The van der Waals surface area contributed by atoms with Crippen molar-refractivity contribution >= 4 is 11.6 Å². The average molecular weight is 304 g/mol. The summed E-state index contributed by atoms with van der Waals surface area (Å²) in [6.45, 7) is 2.17. The van der Waals surface area contributed by atoms with Gasteiger partial charge in [0.2, 0.25) is 0 Å². The second-order valence-electron chi connectivity index (χ2n) is 5.10. The number of methoxy groups -OCH3 is 1. The third kappa shape index (κ3) is 3.99. The SMILES string of the molecule is CCc1ccc(CC(NC)c2cc(Cl)ccc2OC)cc1. The Bertz CT molecular complexity index is 580. The molecule has 2 aromatic rings. The Kier molecular flexibility index (Phi) is 5.66. The first-order chi connectivity index (χ1) is 10.2. The van der Waals surface area contributed by atoms with Gasteiger partial charge in [0.05, 0.1) is 7.11 Å². The Morgan fingerprint density at radius 1 is 1.10 bits per heavy atom. The highest BCUT2D eigenvalue weighted by Gasteiger charge is 2.15. The lowest BCUT2D eigenvalue weighted by atomic mass is 9.97. The second kappa shape index (κ2) is 7.48. The number of aryl methyl sites for hydroxylation is 1. The molecule has 2 rings (SSSR count). The molecule has 0 saturated carbocycles. The number of likely N-dealkylation sites (N-methyl/N-ethyl adjacent to an activating group) is 1. The molecule has 0 saturated heterocycles. The second-order valence-corrected chi connectivity index (χ2v) is 5.54. The first kappa shape index (κ1) is 15.9. The van der Waals surface area contributed by atoms with Crippen LogP contribution in [0.15, 0.2) is 42.5 Å². The van der Waals surface area contributed by atoms with Crippen LogP contribution in [0.4, 0.5) is 0 Å². The molecular formula is C18H22ClNO. The van der Waals surface area contributed by atoms with Gasteiger partial charge < -0.3 is 10.1 Å². The van der Waals surface area contributed by atoms with Crippen LogP contribution in [-0.2, 0) is 12.8 Å². The van der Waals surface area contributed by atoms with Gasteiger partial charge in [-0.2, -0.15) is 0 Å². The number of hydrogen-bond donors (Lipinski definition) is 1. The minimum atomic E-state index is 0.172. The molecule has 2 nitrogen and oxygen atoms in total. The van der Waals surface area contributed by atoms with Crippen molar-refractivity contribution in [1.29, 1.82) is 0 Å². The highest BCUT2D eigenvalue weighted by molar-refractivity contribution is 6.30. The summed E-state index contributed by atoms with van der Waals surface area (Å²) >= 11 is 6.13. The van der Waals surface area contributed by atoms with Crippen LogP contribution >= 0.6 is 11.6 Å². The Hall–Kier alpha value is -1.51. The molecule has 0 bridgehead atoms. The van der Waals surface area contributed by atoms with E-state index in [-0.39, 0.29) is 6.04 Å². The fraction of sp³-hybridized carbons (Fsp3) is 0.333. The molecule has 1 N–H and O–H groups in total. The minimum Gasteiger partial charge on any atom is -0.496 e. The third-order valence-electron chi connectivity index (χ3n) is 3.79. The summed E-state index contributed by atoms with van der Waals surface area (Å²) in [5, 5.41) is 4.09. The zero-order valence-electron chi connectivity index (χ0n) is 12.8. The Labute approximate surface area is 132 Å². The monoisotopic (exact) mass is 303 g/mol. The highest BCUT2D eigenvalue weighted by atomic mass is 35.5. The fourth-order valence-corrected chi connectivity index (χ4v) is 2.67. The third-order valence-corrected chi connectivity index (χ3v) is 4.02. The fourth-order valence-electron chi connectivity index (χ4n) is 2.49. The first-order valence-electron chi connectivity index (χ1n) is 7.26. The maximum absolute atomic E-state index is 6.13. The van der Waals surface area contributed by atoms with Crippen molar-refractivity contribution in [3.05, 3.63) is 64.2 Å². The van der Waals surface area contributed by atoms with Gasteiger partial charge in [-0.15, -0.1) is 0 Å². The van der Waals surface area contributed by atoms with Crippen LogP contribution < -0.4 is 10.1 Å². The van der Waals surface area contributed by atoms with E-state index in [0.717, 1.165) is 29.2 Å². The molecule has 0 amide bonds. The largest absolute Gasteiger partial charge is 0.496 e. The smallest absolute Gasteiger partial charge is 0.123 e. The van der Waals surface area contributed by atoms with E-state index in [2.05, 4.69) is 36.5 Å². The summed E-state index contributed by atoms with van der Waals surface area (Å²) < 4.78 is 5.46. The topological polar surface area (TPSA) is 21.3 Å². The molecule has 0 heterocycles. The molecule has 2 aromatic carbocycles. The van der Waals surface area contributed by atoms with Crippen molar-refractivity contribution in [3.8, 4) is 5.75 Å². The molecule has 0 aromatic heterocycles. The molecule has 3 heteroatoms. The van der Waals surface area contributed by atoms with Crippen LogP contribution in [0.1, 0.15) is 29.7 Å². The highest BCUT2D eigenvalue weighted by Crippen LogP contribution is 2.30. The van der Waals surface area contributed by atoms with E-state index < -0.39 is 0 Å². The van der Waals surface area contributed by atoms with Gasteiger partial charge in [-0.05, 0) is 49.2 Å². The van der Waals surface area contributed by atoms with Gasteiger partial charge >= 0.3 is 0 Å². The maximum Gasteiger partial charge on any atom is 0.123 e. The zero-order valence-corrected chi connectivity index (χ0v) is 13.6. The maximum atomic E-state index is 6.13.